The SMILES string of the molecule is CCNC(C)c1cnc(CCN(CC)CC)nc1C. The van der Waals surface area contributed by atoms with Crippen molar-refractivity contribution in [2.75, 3.05) is 26.2 Å². The van der Waals surface area contributed by atoms with E-state index in [1.807, 2.05) is 6.20 Å². The van der Waals surface area contributed by atoms with Crippen LogP contribution in [0, 0.1) is 6.92 Å². The minimum Gasteiger partial charge on any atom is -0.310 e. The molecule has 1 aromatic rings. The first-order valence-electron chi connectivity index (χ1n) is 7.40. The van der Waals surface area contributed by atoms with E-state index in [-0.39, 0.29) is 0 Å². The third-order valence-electron chi connectivity index (χ3n) is 3.59. The summed E-state index contributed by atoms with van der Waals surface area (Å²) in [6.07, 6.45) is 2.91. The first-order valence-corrected chi connectivity index (χ1v) is 7.40. The number of likely N-dealkylation sites (N-methyl/N-ethyl adjacent to an activating group) is 1. The van der Waals surface area contributed by atoms with Gasteiger partial charge in [0.2, 0.25) is 0 Å². The van der Waals surface area contributed by atoms with Gasteiger partial charge in [0.25, 0.3) is 0 Å². The summed E-state index contributed by atoms with van der Waals surface area (Å²) in [6.45, 7) is 14.9. The number of nitrogens with zero attached hydrogens (tertiary/aromatic N) is 3. The van der Waals surface area contributed by atoms with Crippen molar-refractivity contribution in [3.8, 4) is 0 Å². The summed E-state index contributed by atoms with van der Waals surface area (Å²) >= 11 is 0. The summed E-state index contributed by atoms with van der Waals surface area (Å²) in [4.78, 5) is 11.5. The van der Waals surface area contributed by atoms with Gasteiger partial charge < -0.3 is 10.2 Å². The highest BCUT2D eigenvalue weighted by molar-refractivity contribution is 5.19. The summed E-state index contributed by atoms with van der Waals surface area (Å²) in [5, 5.41) is 3.40. The monoisotopic (exact) mass is 264 g/mol. The molecule has 4 heteroatoms. The molecule has 1 rings (SSSR count). The minimum absolute atomic E-state index is 0.321. The highest BCUT2D eigenvalue weighted by Gasteiger charge is 2.10. The molecule has 0 bridgehead atoms. The molecule has 0 fully saturated rings. The maximum atomic E-state index is 4.64. The van der Waals surface area contributed by atoms with E-state index in [0.717, 1.165) is 44.1 Å². The first kappa shape index (κ1) is 16.1. The second-order valence-corrected chi connectivity index (χ2v) is 4.88. The number of aromatic nitrogens is 2. The van der Waals surface area contributed by atoms with Gasteiger partial charge in [0.1, 0.15) is 5.82 Å². The normalized spacial score (nSPS) is 12.9. The molecular formula is C15H28N4. The van der Waals surface area contributed by atoms with Gasteiger partial charge in [-0.15, -0.1) is 0 Å². The van der Waals surface area contributed by atoms with Gasteiger partial charge in [-0.05, 0) is 33.5 Å². The van der Waals surface area contributed by atoms with Crippen molar-refractivity contribution >= 4 is 0 Å². The molecule has 0 aromatic carbocycles. The molecule has 0 saturated heterocycles. The standard InChI is InChI=1S/C15H28N4/c1-6-16-12(4)14-11-17-15(18-13(14)5)9-10-19(7-2)8-3/h11-12,16H,6-10H2,1-5H3. The molecule has 0 saturated carbocycles. The second kappa shape index (κ2) is 8.23. The van der Waals surface area contributed by atoms with E-state index in [1.165, 1.54) is 5.56 Å². The third kappa shape index (κ3) is 4.88. The molecule has 4 nitrogen and oxygen atoms in total. The zero-order valence-corrected chi connectivity index (χ0v) is 13.0. The fourth-order valence-corrected chi connectivity index (χ4v) is 2.28. The first-order chi connectivity index (χ1) is 9.12. The fraction of sp³-hybridized carbons (Fsp3) is 0.733. The van der Waals surface area contributed by atoms with E-state index in [9.17, 15) is 0 Å². The summed E-state index contributed by atoms with van der Waals surface area (Å²) in [5.74, 6) is 0.955. The molecule has 0 radical (unpaired) electrons. The van der Waals surface area contributed by atoms with Crippen molar-refractivity contribution in [1.29, 1.82) is 0 Å². The van der Waals surface area contributed by atoms with Gasteiger partial charge in [-0.25, -0.2) is 9.97 Å². The van der Waals surface area contributed by atoms with Gasteiger partial charge in [0, 0.05) is 36.5 Å². The molecule has 0 aliphatic heterocycles. The second-order valence-electron chi connectivity index (χ2n) is 4.88. The Bertz CT molecular complexity index is 374. The molecular weight excluding hydrogens is 236 g/mol. The number of nitrogens with one attached hydrogen (secondary N) is 1. The molecule has 1 atom stereocenters. The minimum atomic E-state index is 0.321. The Balaban J connectivity index is 2.66. The van der Waals surface area contributed by atoms with E-state index in [0.29, 0.717) is 6.04 Å². The van der Waals surface area contributed by atoms with E-state index in [1.54, 1.807) is 0 Å². The third-order valence-corrected chi connectivity index (χ3v) is 3.59. The van der Waals surface area contributed by atoms with E-state index in [4.69, 9.17) is 0 Å². The van der Waals surface area contributed by atoms with Crippen LogP contribution in [0.15, 0.2) is 6.20 Å². The molecule has 0 amide bonds. The Hall–Kier alpha value is -1.00. The maximum Gasteiger partial charge on any atom is 0.129 e. The predicted molar refractivity (Wildman–Crippen MR) is 80.4 cm³/mol. The van der Waals surface area contributed by atoms with E-state index >= 15 is 0 Å². The number of hydrogen-bond acceptors (Lipinski definition) is 4. The van der Waals surface area contributed by atoms with Crippen molar-refractivity contribution in [3.63, 3.8) is 0 Å². The number of aryl methyl sites for hydroxylation is 1. The zero-order chi connectivity index (χ0) is 14.3. The van der Waals surface area contributed by atoms with Crippen molar-refractivity contribution in [1.82, 2.24) is 20.2 Å². The van der Waals surface area contributed by atoms with E-state index in [2.05, 4.69) is 54.8 Å². The van der Waals surface area contributed by atoms with Crippen molar-refractivity contribution < 1.29 is 0 Å². The lowest BCUT2D eigenvalue weighted by Crippen LogP contribution is -2.26. The van der Waals surface area contributed by atoms with Crippen LogP contribution < -0.4 is 5.32 Å². The van der Waals surface area contributed by atoms with Crippen molar-refractivity contribution in [2.24, 2.45) is 0 Å². The Labute approximate surface area is 117 Å². The lowest BCUT2D eigenvalue weighted by molar-refractivity contribution is 0.305. The summed E-state index contributed by atoms with van der Waals surface area (Å²) < 4.78 is 0. The van der Waals surface area contributed by atoms with Gasteiger partial charge in [-0.3, -0.25) is 0 Å². The maximum absolute atomic E-state index is 4.64. The van der Waals surface area contributed by atoms with Gasteiger partial charge in [0.15, 0.2) is 0 Å². The number of hydrogen-bond donors (Lipinski definition) is 1. The van der Waals surface area contributed by atoms with Gasteiger partial charge in [-0.1, -0.05) is 20.8 Å². The van der Waals surface area contributed by atoms with Crippen LogP contribution in [0.4, 0.5) is 0 Å². The van der Waals surface area contributed by atoms with Crippen molar-refractivity contribution in [3.05, 3.63) is 23.3 Å². The zero-order valence-electron chi connectivity index (χ0n) is 13.0. The van der Waals surface area contributed by atoms with Crippen LogP contribution in [-0.2, 0) is 6.42 Å². The largest absolute Gasteiger partial charge is 0.310 e. The van der Waals surface area contributed by atoms with Crippen LogP contribution in [0.3, 0.4) is 0 Å². The van der Waals surface area contributed by atoms with Gasteiger partial charge in [-0.2, -0.15) is 0 Å². The molecule has 0 spiro atoms. The lowest BCUT2D eigenvalue weighted by Gasteiger charge is -2.18. The highest BCUT2D eigenvalue weighted by Crippen LogP contribution is 2.14. The molecule has 108 valence electrons. The highest BCUT2D eigenvalue weighted by atomic mass is 15.1. The van der Waals surface area contributed by atoms with Crippen LogP contribution in [0.25, 0.3) is 0 Å². The Kier molecular flexibility index (Phi) is 6.95. The molecule has 19 heavy (non-hydrogen) atoms. The fourth-order valence-electron chi connectivity index (χ4n) is 2.28. The van der Waals surface area contributed by atoms with Crippen LogP contribution in [0.2, 0.25) is 0 Å². The average molecular weight is 264 g/mol. The van der Waals surface area contributed by atoms with Crippen LogP contribution >= 0.6 is 0 Å². The predicted octanol–water partition coefficient (Wildman–Crippen LogP) is 2.34. The molecule has 0 aliphatic rings. The summed E-state index contributed by atoms with van der Waals surface area (Å²) in [7, 11) is 0. The van der Waals surface area contributed by atoms with Crippen LogP contribution in [-0.4, -0.2) is 41.0 Å². The molecule has 1 heterocycles. The molecule has 1 aromatic heterocycles. The van der Waals surface area contributed by atoms with Crippen LogP contribution in [0.1, 0.15) is 50.8 Å². The Morgan fingerprint density at radius 2 is 1.95 bits per heavy atom. The smallest absolute Gasteiger partial charge is 0.129 e. The van der Waals surface area contributed by atoms with Crippen molar-refractivity contribution in [2.45, 2.75) is 47.1 Å². The van der Waals surface area contributed by atoms with Crippen LogP contribution in [0.5, 0.6) is 0 Å². The summed E-state index contributed by atoms with van der Waals surface area (Å²) in [6, 6.07) is 0.321. The lowest BCUT2D eigenvalue weighted by atomic mass is 10.1. The Morgan fingerprint density at radius 1 is 1.26 bits per heavy atom. The Morgan fingerprint density at radius 3 is 2.47 bits per heavy atom. The molecule has 1 unspecified atom stereocenters. The van der Waals surface area contributed by atoms with Gasteiger partial charge in [0.05, 0.1) is 0 Å². The topological polar surface area (TPSA) is 41.1 Å². The number of rotatable bonds is 8. The molecule has 1 N–H and O–H groups in total. The van der Waals surface area contributed by atoms with Gasteiger partial charge >= 0.3 is 0 Å². The molecule has 0 aliphatic carbocycles. The summed E-state index contributed by atoms with van der Waals surface area (Å²) in [5.41, 5.74) is 2.30. The quantitative estimate of drug-likeness (QED) is 0.782. The average Bonchev–Trinajstić information content (AvgIpc) is 2.40. The van der Waals surface area contributed by atoms with E-state index < -0.39 is 0 Å².